The molecule has 3 N–H and O–H groups in total. The Kier molecular flexibility index (Phi) is 4.25. The molecule has 1 unspecified atom stereocenters. The number of nitrogens with two attached hydrogens (primary N) is 1. The maximum absolute atomic E-state index is 11.8. The second-order valence-corrected chi connectivity index (χ2v) is 4.51. The molecule has 1 aromatic heterocycles. The van der Waals surface area contributed by atoms with Crippen LogP contribution in [0.3, 0.4) is 0 Å². The average Bonchev–Trinajstić information content (AvgIpc) is 2.92. The topological polar surface area (TPSA) is 85.8 Å². The van der Waals surface area contributed by atoms with Gasteiger partial charge in [-0.15, -0.1) is 10.2 Å². The summed E-state index contributed by atoms with van der Waals surface area (Å²) in [5, 5.41) is 10.4. The summed E-state index contributed by atoms with van der Waals surface area (Å²) in [5.41, 5.74) is 7.15. The highest BCUT2D eigenvalue weighted by atomic mass is 16.1. The molecule has 0 spiro atoms. The molecule has 1 aromatic carbocycles. The number of aromatic nitrogens is 3. The van der Waals surface area contributed by atoms with E-state index in [0.29, 0.717) is 13.0 Å². The van der Waals surface area contributed by atoms with Gasteiger partial charge < -0.3 is 11.1 Å². The maximum Gasteiger partial charge on any atom is 0.224 e. The van der Waals surface area contributed by atoms with Crippen molar-refractivity contribution < 1.29 is 4.79 Å². The van der Waals surface area contributed by atoms with E-state index >= 15 is 0 Å². The summed E-state index contributed by atoms with van der Waals surface area (Å²) in [4.78, 5) is 11.8. The first kappa shape index (κ1) is 13.2. The second kappa shape index (κ2) is 6.10. The van der Waals surface area contributed by atoms with Crippen LogP contribution in [0, 0.1) is 5.92 Å². The van der Waals surface area contributed by atoms with Crippen LogP contribution in [0.4, 0.5) is 5.69 Å². The zero-order chi connectivity index (χ0) is 13.7. The fourth-order valence-electron chi connectivity index (χ4n) is 1.69. The number of carbonyl (C=O) groups is 1. The van der Waals surface area contributed by atoms with E-state index in [0.717, 1.165) is 11.4 Å². The van der Waals surface area contributed by atoms with Gasteiger partial charge >= 0.3 is 0 Å². The van der Waals surface area contributed by atoms with Crippen molar-refractivity contribution in [2.24, 2.45) is 11.7 Å². The van der Waals surface area contributed by atoms with Gasteiger partial charge in [0.1, 0.15) is 12.7 Å². The monoisotopic (exact) mass is 259 g/mol. The molecule has 0 aliphatic carbocycles. The van der Waals surface area contributed by atoms with Crippen molar-refractivity contribution in [1.29, 1.82) is 0 Å². The minimum atomic E-state index is -0.0288. The first-order chi connectivity index (χ1) is 9.19. The van der Waals surface area contributed by atoms with Crippen LogP contribution in [-0.2, 0) is 4.79 Å². The largest absolute Gasteiger partial charge is 0.330 e. The van der Waals surface area contributed by atoms with Crippen LogP contribution in [0.25, 0.3) is 5.69 Å². The summed E-state index contributed by atoms with van der Waals surface area (Å²) in [5.74, 6) is 0.153. The van der Waals surface area contributed by atoms with E-state index in [9.17, 15) is 4.79 Å². The number of amides is 1. The molecule has 0 fully saturated rings. The summed E-state index contributed by atoms with van der Waals surface area (Å²) in [6.45, 7) is 2.46. The van der Waals surface area contributed by atoms with Gasteiger partial charge in [0.15, 0.2) is 0 Å². The van der Waals surface area contributed by atoms with E-state index in [1.54, 1.807) is 17.2 Å². The van der Waals surface area contributed by atoms with Crippen LogP contribution in [0.5, 0.6) is 0 Å². The quantitative estimate of drug-likeness (QED) is 0.844. The first-order valence-corrected chi connectivity index (χ1v) is 6.14. The molecule has 6 nitrogen and oxygen atoms in total. The zero-order valence-electron chi connectivity index (χ0n) is 10.8. The second-order valence-electron chi connectivity index (χ2n) is 4.51. The number of hydrogen-bond donors (Lipinski definition) is 2. The highest BCUT2D eigenvalue weighted by Gasteiger charge is 2.08. The number of carbonyl (C=O) groups excluding carboxylic acids is 1. The molecule has 6 heteroatoms. The van der Waals surface area contributed by atoms with Crippen LogP contribution < -0.4 is 11.1 Å². The Labute approximate surface area is 111 Å². The van der Waals surface area contributed by atoms with Gasteiger partial charge in [0.2, 0.25) is 5.91 Å². The minimum Gasteiger partial charge on any atom is -0.330 e. The number of nitrogens with one attached hydrogen (secondary N) is 1. The van der Waals surface area contributed by atoms with Gasteiger partial charge in [0, 0.05) is 12.1 Å². The van der Waals surface area contributed by atoms with Crippen molar-refractivity contribution in [1.82, 2.24) is 14.8 Å². The van der Waals surface area contributed by atoms with E-state index in [-0.39, 0.29) is 11.8 Å². The van der Waals surface area contributed by atoms with Crippen LogP contribution >= 0.6 is 0 Å². The number of anilines is 1. The van der Waals surface area contributed by atoms with Gasteiger partial charge in [-0.25, -0.2) is 0 Å². The van der Waals surface area contributed by atoms with E-state index in [1.165, 1.54) is 0 Å². The van der Waals surface area contributed by atoms with E-state index in [2.05, 4.69) is 15.5 Å². The van der Waals surface area contributed by atoms with Crippen molar-refractivity contribution >= 4 is 11.6 Å². The Bertz CT molecular complexity index is 538. The fraction of sp³-hybridized carbons (Fsp3) is 0.308. The summed E-state index contributed by atoms with van der Waals surface area (Å²) < 4.78 is 1.78. The van der Waals surface area contributed by atoms with Crippen LogP contribution in [0.2, 0.25) is 0 Å². The van der Waals surface area contributed by atoms with Crippen molar-refractivity contribution in [2.45, 2.75) is 13.3 Å². The molecule has 0 bridgehead atoms. The minimum absolute atomic E-state index is 0.0288. The Morgan fingerprint density at radius 3 is 2.84 bits per heavy atom. The van der Waals surface area contributed by atoms with E-state index in [1.807, 2.05) is 31.2 Å². The van der Waals surface area contributed by atoms with Crippen molar-refractivity contribution in [3.05, 3.63) is 36.9 Å². The molecule has 100 valence electrons. The molecule has 2 rings (SSSR count). The number of hydrogen-bond acceptors (Lipinski definition) is 4. The zero-order valence-corrected chi connectivity index (χ0v) is 10.8. The molecule has 1 atom stereocenters. The lowest BCUT2D eigenvalue weighted by Crippen LogP contribution is -2.20. The third kappa shape index (κ3) is 3.62. The highest BCUT2D eigenvalue weighted by molar-refractivity contribution is 5.91. The molecule has 0 saturated heterocycles. The van der Waals surface area contributed by atoms with Crippen LogP contribution in [0.1, 0.15) is 13.3 Å². The molecule has 1 heterocycles. The van der Waals surface area contributed by atoms with Gasteiger partial charge in [-0.05, 0) is 30.7 Å². The standard InChI is InChI=1S/C13H17N5O/c1-10(7-14)5-13(19)17-11-3-2-4-12(6-11)18-8-15-16-9-18/h2-4,6,8-10H,5,7,14H2,1H3,(H,17,19). The van der Waals surface area contributed by atoms with Gasteiger partial charge in [-0.1, -0.05) is 13.0 Å². The lowest BCUT2D eigenvalue weighted by Gasteiger charge is -2.10. The Morgan fingerprint density at radius 2 is 2.16 bits per heavy atom. The molecule has 19 heavy (non-hydrogen) atoms. The van der Waals surface area contributed by atoms with Crippen LogP contribution in [0.15, 0.2) is 36.9 Å². The molecular weight excluding hydrogens is 242 g/mol. The smallest absolute Gasteiger partial charge is 0.224 e. The van der Waals surface area contributed by atoms with Gasteiger partial charge in [0.05, 0.1) is 5.69 Å². The molecule has 1 amide bonds. The SMILES string of the molecule is CC(CN)CC(=O)Nc1cccc(-n2cnnc2)c1. The summed E-state index contributed by atoms with van der Waals surface area (Å²) in [7, 11) is 0. The van der Waals surface area contributed by atoms with E-state index in [4.69, 9.17) is 5.73 Å². The Hall–Kier alpha value is -2.21. The number of rotatable bonds is 5. The Morgan fingerprint density at radius 1 is 1.42 bits per heavy atom. The maximum atomic E-state index is 11.8. The number of benzene rings is 1. The summed E-state index contributed by atoms with van der Waals surface area (Å²) in [6.07, 6.45) is 3.64. The van der Waals surface area contributed by atoms with E-state index < -0.39 is 0 Å². The fourth-order valence-corrected chi connectivity index (χ4v) is 1.69. The van der Waals surface area contributed by atoms with Crippen molar-refractivity contribution in [3.63, 3.8) is 0 Å². The van der Waals surface area contributed by atoms with Gasteiger partial charge in [-0.2, -0.15) is 0 Å². The molecule has 0 radical (unpaired) electrons. The number of nitrogens with zero attached hydrogens (tertiary/aromatic N) is 3. The van der Waals surface area contributed by atoms with Crippen molar-refractivity contribution in [3.8, 4) is 5.69 Å². The lowest BCUT2D eigenvalue weighted by molar-refractivity contribution is -0.116. The summed E-state index contributed by atoms with van der Waals surface area (Å²) in [6, 6.07) is 7.51. The Balaban J connectivity index is 2.05. The first-order valence-electron chi connectivity index (χ1n) is 6.14. The highest BCUT2D eigenvalue weighted by Crippen LogP contribution is 2.14. The normalized spacial score (nSPS) is 12.1. The predicted molar refractivity (Wildman–Crippen MR) is 72.8 cm³/mol. The molecule has 0 aliphatic rings. The molecule has 0 saturated carbocycles. The molecule has 2 aromatic rings. The van der Waals surface area contributed by atoms with Gasteiger partial charge in [0.25, 0.3) is 0 Å². The third-order valence-corrected chi connectivity index (χ3v) is 2.78. The molecule has 0 aliphatic heterocycles. The lowest BCUT2D eigenvalue weighted by atomic mass is 10.1. The van der Waals surface area contributed by atoms with Gasteiger partial charge in [-0.3, -0.25) is 9.36 Å². The third-order valence-electron chi connectivity index (χ3n) is 2.78. The van der Waals surface area contributed by atoms with Crippen molar-refractivity contribution in [2.75, 3.05) is 11.9 Å². The summed E-state index contributed by atoms with van der Waals surface area (Å²) >= 11 is 0. The van der Waals surface area contributed by atoms with Crippen LogP contribution in [-0.4, -0.2) is 27.2 Å². The molecular formula is C13H17N5O. The predicted octanol–water partition coefficient (Wildman–Crippen LogP) is 1.19. The average molecular weight is 259 g/mol.